The Hall–Kier alpha value is -1.85. The fourth-order valence-corrected chi connectivity index (χ4v) is 3.94. The van der Waals surface area contributed by atoms with Crippen molar-refractivity contribution in [2.75, 3.05) is 42.9 Å². The molecule has 4 nitrogen and oxygen atoms in total. The summed E-state index contributed by atoms with van der Waals surface area (Å²) in [5.41, 5.74) is 2.66. The zero-order chi connectivity index (χ0) is 17.9. The molecular weight excluding hydrogens is 390 g/mol. The fraction of sp³-hybridized carbons (Fsp3) is 0.381. The van der Waals surface area contributed by atoms with Crippen molar-refractivity contribution in [3.63, 3.8) is 0 Å². The van der Waals surface area contributed by atoms with E-state index in [-0.39, 0.29) is 5.91 Å². The summed E-state index contributed by atoms with van der Waals surface area (Å²) in [6.45, 7) is 5.63. The normalized spacial score (nSPS) is 18.0. The van der Waals surface area contributed by atoms with Crippen LogP contribution in [0.3, 0.4) is 0 Å². The van der Waals surface area contributed by atoms with Crippen LogP contribution in [-0.2, 0) is 0 Å². The van der Waals surface area contributed by atoms with Crippen LogP contribution in [0.1, 0.15) is 23.2 Å². The highest BCUT2D eigenvalue weighted by Crippen LogP contribution is 2.30. The van der Waals surface area contributed by atoms with Gasteiger partial charge in [-0.25, -0.2) is 0 Å². The molecule has 2 fully saturated rings. The minimum atomic E-state index is -0.0936. The molecule has 4 rings (SSSR count). The highest BCUT2D eigenvalue weighted by atomic mass is 79.9. The van der Waals surface area contributed by atoms with E-state index in [0.29, 0.717) is 5.56 Å². The molecule has 1 saturated heterocycles. The van der Waals surface area contributed by atoms with Crippen LogP contribution >= 0.6 is 15.9 Å². The van der Waals surface area contributed by atoms with Crippen molar-refractivity contribution >= 4 is 33.2 Å². The summed E-state index contributed by atoms with van der Waals surface area (Å²) in [5.74, 6) is 0.862. The summed E-state index contributed by atoms with van der Waals surface area (Å²) in [4.78, 5) is 17.5. The van der Waals surface area contributed by atoms with Crippen molar-refractivity contribution in [2.45, 2.75) is 12.8 Å². The van der Waals surface area contributed by atoms with Gasteiger partial charge in [0.1, 0.15) is 0 Å². The molecule has 0 unspecified atom stereocenters. The average molecular weight is 414 g/mol. The van der Waals surface area contributed by atoms with Gasteiger partial charge in [-0.15, -0.1) is 0 Å². The highest BCUT2D eigenvalue weighted by Gasteiger charge is 2.26. The number of carbonyl (C=O) groups excluding carboxylic acids is 1. The van der Waals surface area contributed by atoms with E-state index in [9.17, 15) is 4.79 Å². The van der Waals surface area contributed by atoms with Crippen molar-refractivity contribution in [3.05, 3.63) is 58.6 Å². The maximum Gasteiger partial charge on any atom is 0.256 e. The van der Waals surface area contributed by atoms with Gasteiger partial charge in [-0.2, -0.15) is 0 Å². The fourth-order valence-electron chi connectivity index (χ4n) is 3.48. The zero-order valence-corrected chi connectivity index (χ0v) is 16.4. The van der Waals surface area contributed by atoms with Gasteiger partial charge in [0, 0.05) is 48.6 Å². The monoisotopic (exact) mass is 413 g/mol. The van der Waals surface area contributed by atoms with E-state index in [0.717, 1.165) is 42.3 Å². The van der Waals surface area contributed by atoms with Crippen molar-refractivity contribution < 1.29 is 4.79 Å². The number of hydrogen-bond donors (Lipinski definition) is 1. The molecule has 0 spiro atoms. The van der Waals surface area contributed by atoms with Gasteiger partial charge in [0.25, 0.3) is 5.91 Å². The van der Waals surface area contributed by atoms with E-state index in [1.165, 1.54) is 25.1 Å². The Morgan fingerprint density at radius 3 is 2.54 bits per heavy atom. The van der Waals surface area contributed by atoms with E-state index in [4.69, 9.17) is 0 Å². The number of hydrogen-bond acceptors (Lipinski definition) is 3. The van der Waals surface area contributed by atoms with Crippen LogP contribution < -0.4 is 10.2 Å². The van der Waals surface area contributed by atoms with Gasteiger partial charge in [0.15, 0.2) is 0 Å². The molecule has 2 aliphatic rings. The third kappa shape index (κ3) is 4.27. The molecule has 1 N–H and O–H groups in total. The van der Waals surface area contributed by atoms with Gasteiger partial charge in [-0.05, 0) is 65.0 Å². The first-order valence-corrected chi connectivity index (χ1v) is 10.1. The molecule has 2 aromatic rings. The molecule has 1 saturated carbocycles. The van der Waals surface area contributed by atoms with Gasteiger partial charge in [-0.1, -0.05) is 18.2 Å². The Morgan fingerprint density at radius 1 is 1.04 bits per heavy atom. The number of halogens is 1. The lowest BCUT2D eigenvalue weighted by Crippen LogP contribution is -2.47. The standard InChI is InChI=1S/C21H24BrN3O/c22-20-7-2-1-6-19(20)21(26)23-17-4-3-5-18(14-17)25-12-10-24(11-13-25)15-16-8-9-16/h1-7,14,16H,8-13,15H2,(H,23,26). The maximum absolute atomic E-state index is 12.5. The smallest absolute Gasteiger partial charge is 0.256 e. The Bertz CT molecular complexity index is 782. The molecule has 5 heteroatoms. The van der Waals surface area contributed by atoms with Crippen molar-refractivity contribution in [1.82, 2.24) is 4.90 Å². The topological polar surface area (TPSA) is 35.6 Å². The molecule has 0 aromatic heterocycles. The maximum atomic E-state index is 12.5. The van der Waals surface area contributed by atoms with E-state index < -0.39 is 0 Å². The summed E-state index contributed by atoms with van der Waals surface area (Å²) in [6, 6.07) is 15.6. The molecule has 26 heavy (non-hydrogen) atoms. The van der Waals surface area contributed by atoms with E-state index in [2.05, 4.69) is 43.2 Å². The third-order valence-corrected chi connectivity index (χ3v) is 5.86. The van der Waals surface area contributed by atoms with Gasteiger partial charge in [0.2, 0.25) is 0 Å². The lowest BCUT2D eigenvalue weighted by molar-refractivity contribution is 0.102. The highest BCUT2D eigenvalue weighted by molar-refractivity contribution is 9.10. The Kier molecular flexibility index (Phi) is 5.27. The Balaban J connectivity index is 1.39. The largest absolute Gasteiger partial charge is 0.369 e. The summed E-state index contributed by atoms with van der Waals surface area (Å²) >= 11 is 3.44. The molecule has 136 valence electrons. The minimum absolute atomic E-state index is 0.0936. The van der Waals surface area contributed by atoms with E-state index in [1.54, 1.807) is 0 Å². The first-order valence-electron chi connectivity index (χ1n) is 9.32. The van der Waals surface area contributed by atoms with Crippen molar-refractivity contribution in [3.8, 4) is 0 Å². The second-order valence-corrected chi connectivity index (χ2v) is 8.07. The number of nitrogens with one attached hydrogen (secondary N) is 1. The lowest BCUT2D eigenvalue weighted by Gasteiger charge is -2.36. The molecular formula is C21H24BrN3O. The lowest BCUT2D eigenvalue weighted by atomic mass is 10.2. The van der Waals surface area contributed by atoms with Gasteiger partial charge >= 0.3 is 0 Å². The number of carbonyl (C=O) groups is 1. The number of amides is 1. The van der Waals surface area contributed by atoms with Crippen LogP contribution in [-0.4, -0.2) is 43.5 Å². The van der Waals surface area contributed by atoms with Gasteiger partial charge < -0.3 is 10.2 Å². The predicted octanol–water partition coefficient (Wildman–Crippen LogP) is 4.23. The summed E-state index contributed by atoms with van der Waals surface area (Å²) in [7, 11) is 0. The van der Waals surface area contributed by atoms with E-state index >= 15 is 0 Å². The van der Waals surface area contributed by atoms with Gasteiger partial charge in [0.05, 0.1) is 5.56 Å². The van der Waals surface area contributed by atoms with Crippen molar-refractivity contribution in [2.24, 2.45) is 5.92 Å². The van der Waals surface area contributed by atoms with Crippen LogP contribution in [0.2, 0.25) is 0 Å². The SMILES string of the molecule is O=C(Nc1cccc(N2CCN(CC3CC3)CC2)c1)c1ccccc1Br. The van der Waals surface area contributed by atoms with E-state index in [1.807, 2.05) is 36.4 Å². The van der Waals surface area contributed by atoms with Crippen LogP contribution in [0, 0.1) is 5.92 Å². The summed E-state index contributed by atoms with van der Waals surface area (Å²) in [6.07, 6.45) is 2.83. The van der Waals surface area contributed by atoms with Gasteiger partial charge in [-0.3, -0.25) is 9.69 Å². The number of anilines is 2. The van der Waals surface area contributed by atoms with Crippen LogP contribution in [0.5, 0.6) is 0 Å². The quantitative estimate of drug-likeness (QED) is 0.796. The van der Waals surface area contributed by atoms with Crippen molar-refractivity contribution in [1.29, 1.82) is 0 Å². The second-order valence-electron chi connectivity index (χ2n) is 7.22. The van der Waals surface area contributed by atoms with Crippen LogP contribution in [0.15, 0.2) is 53.0 Å². The first kappa shape index (κ1) is 17.6. The van der Waals surface area contributed by atoms with Crippen LogP contribution in [0.25, 0.3) is 0 Å². The number of piperazine rings is 1. The molecule has 0 radical (unpaired) electrons. The molecule has 2 aromatic carbocycles. The molecule has 1 amide bonds. The molecule has 1 heterocycles. The van der Waals surface area contributed by atoms with Crippen LogP contribution in [0.4, 0.5) is 11.4 Å². The number of nitrogens with zero attached hydrogens (tertiary/aromatic N) is 2. The summed E-state index contributed by atoms with van der Waals surface area (Å²) in [5, 5.41) is 3.02. The predicted molar refractivity (Wildman–Crippen MR) is 110 cm³/mol. The summed E-state index contributed by atoms with van der Waals surface area (Å²) < 4.78 is 0.806. The number of rotatable bonds is 5. The zero-order valence-electron chi connectivity index (χ0n) is 14.8. The molecule has 0 atom stereocenters. The number of benzene rings is 2. The second kappa shape index (κ2) is 7.80. The Morgan fingerprint density at radius 2 is 1.81 bits per heavy atom. The molecule has 0 bridgehead atoms. The molecule has 1 aliphatic carbocycles. The minimum Gasteiger partial charge on any atom is -0.369 e. The Labute approximate surface area is 163 Å². The third-order valence-electron chi connectivity index (χ3n) is 5.17. The first-order chi connectivity index (χ1) is 12.7. The molecule has 1 aliphatic heterocycles. The average Bonchev–Trinajstić information content (AvgIpc) is 3.47.